The molecule has 5 heterocycles. The second kappa shape index (κ2) is 10.9. The lowest BCUT2D eigenvalue weighted by atomic mass is 10.0. The van der Waals surface area contributed by atoms with Gasteiger partial charge in [0.05, 0.1) is 0 Å². The number of hydrogen-bond donors (Lipinski definition) is 5. The molecule has 0 bridgehead atoms. The highest BCUT2D eigenvalue weighted by Gasteiger charge is 2.55. The molecule has 7 N–H and O–H groups in total. The smallest absolute Gasteiger partial charge is 0.352 e. The lowest BCUT2D eigenvalue weighted by Crippen LogP contribution is -2.71. The number of aliphatic carboxylic acids is 2. The van der Waals surface area contributed by atoms with Crippen LogP contribution in [0.25, 0.3) is 11.1 Å². The zero-order valence-electron chi connectivity index (χ0n) is 20.8. The molecule has 41 heavy (non-hydrogen) atoms. The fourth-order valence-corrected chi connectivity index (χ4v) is 6.37. The molecule has 0 spiro atoms. The zero-order chi connectivity index (χ0) is 29.6. The summed E-state index contributed by atoms with van der Waals surface area (Å²) in [6.45, 7) is 1.34. The van der Waals surface area contributed by atoms with Gasteiger partial charge in [-0.1, -0.05) is 28.1 Å². The van der Waals surface area contributed by atoms with Gasteiger partial charge in [-0.25, -0.2) is 14.6 Å². The van der Waals surface area contributed by atoms with Crippen LogP contribution in [0, 0.1) is 0 Å². The summed E-state index contributed by atoms with van der Waals surface area (Å²) in [5.41, 5.74) is 11.8. The number of thioether (sulfide) groups is 1. The number of pyridine rings is 1. The Labute approximate surface area is 242 Å². The number of carbonyl (C=O) groups is 4. The Morgan fingerprint density at radius 1 is 1.37 bits per heavy atom. The molecule has 16 nitrogen and oxygen atoms in total. The number of aromatic nitrogens is 3. The van der Waals surface area contributed by atoms with Gasteiger partial charge in [0, 0.05) is 17.4 Å². The first kappa shape index (κ1) is 28.1. The summed E-state index contributed by atoms with van der Waals surface area (Å²) in [6.07, 6.45) is 1.90. The fourth-order valence-electron chi connectivity index (χ4n) is 4.10. The highest BCUT2D eigenvalue weighted by atomic mass is 35.5. The van der Waals surface area contributed by atoms with E-state index in [4.69, 9.17) is 37.4 Å². The van der Waals surface area contributed by atoms with Crippen LogP contribution in [-0.2, 0) is 30.6 Å². The number of nitrogen functional groups attached to an aromatic ring is 2. The minimum atomic E-state index is -1.41. The van der Waals surface area contributed by atoms with Crippen molar-refractivity contribution in [3.05, 3.63) is 39.8 Å². The first-order valence-corrected chi connectivity index (χ1v) is 13.8. The van der Waals surface area contributed by atoms with Crippen molar-refractivity contribution in [2.75, 3.05) is 17.2 Å². The summed E-state index contributed by atoms with van der Waals surface area (Å²) in [5, 5.41) is 24.5. The number of carboxylic acid groups (broad SMARTS) is 2. The van der Waals surface area contributed by atoms with E-state index in [-0.39, 0.29) is 39.2 Å². The third-order valence-electron chi connectivity index (χ3n) is 6.00. The number of carbonyl (C=O) groups excluding carboxylic acids is 2. The predicted octanol–water partition coefficient (Wildman–Crippen LogP) is 0.0222. The molecule has 0 aromatic carbocycles. The average molecular weight is 624 g/mol. The molecule has 1 saturated heterocycles. The molecule has 3 atom stereocenters. The van der Waals surface area contributed by atoms with Crippen molar-refractivity contribution in [1.29, 1.82) is 0 Å². The topological polar surface area (TPSA) is 240 Å². The number of fused-ring (bicyclic) bond motifs is 2. The predicted molar refractivity (Wildman–Crippen MR) is 145 cm³/mol. The Kier molecular flexibility index (Phi) is 7.45. The molecule has 2 aliphatic heterocycles. The van der Waals surface area contributed by atoms with Crippen LogP contribution in [0.3, 0.4) is 0 Å². The van der Waals surface area contributed by atoms with Gasteiger partial charge in [0.15, 0.2) is 40.9 Å². The second-order valence-electron chi connectivity index (χ2n) is 8.74. The molecule has 0 radical (unpaired) electrons. The summed E-state index contributed by atoms with van der Waals surface area (Å²) in [4.78, 5) is 63.8. The molecule has 2 aliphatic rings. The van der Waals surface area contributed by atoms with E-state index in [9.17, 15) is 24.3 Å². The lowest BCUT2D eigenvalue weighted by molar-refractivity contribution is -0.687. The van der Waals surface area contributed by atoms with Gasteiger partial charge < -0.3 is 36.3 Å². The Morgan fingerprint density at radius 2 is 2.12 bits per heavy atom. The van der Waals surface area contributed by atoms with Gasteiger partial charge in [-0.3, -0.25) is 14.5 Å². The molecule has 0 saturated carbocycles. The van der Waals surface area contributed by atoms with Gasteiger partial charge in [-0.05, 0) is 6.92 Å². The SMILES string of the molecule is C[C@H](O/N=C(\C(=O)N[C@@H]1C(=O)N2C(C(=O)O)=C(C[n+]3ccc4oc(N)nc4c3)CSC12)c1nc(N)sc1Cl)C(=O)O. The van der Waals surface area contributed by atoms with Crippen LogP contribution in [0.2, 0.25) is 4.34 Å². The van der Waals surface area contributed by atoms with Crippen LogP contribution in [0.15, 0.2) is 39.3 Å². The number of thiazole rings is 1. The fraction of sp³-hybridized carbons (Fsp3) is 0.273. The van der Waals surface area contributed by atoms with Crippen molar-refractivity contribution in [2.45, 2.75) is 31.0 Å². The number of amides is 2. The highest BCUT2D eigenvalue weighted by Crippen LogP contribution is 2.40. The molecule has 19 heteroatoms. The quantitative estimate of drug-likeness (QED) is 0.0915. The normalized spacial score (nSPS) is 19.5. The first-order valence-electron chi connectivity index (χ1n) is 11.6. The second-order valence-corrected chi connectivity index (χ2v) is 11.5. The standard InChI is InChI=1S/C22H19ClN8O8S2/c1-7(19(34)35)39-29-12(11-15(23)41-22(25)28-11)16(32)27-13-17(33)31-14(20(36)37)8(6-40-18(13)31)4-30-3-2-10-9(5-30)26-21(24)38-10/h2-3,5,7,13,18H,4,6H2,1H3,(H6-,24,25,26,27,28,32,34,35,36,37)/p+1/b29-12-/t7-,13+,18?/m0/s1. The van der Waals surface area contributed by atoms with Crippen molar-refractivity contribution < 1.29 is 43.2 Å². The van der Waals surface area contributed by atoms with Gasteiger partial charge in [0.1, 0.15) is 27.1 Å². The Morgan fingerprint density at radius 3 is 2.78 bits per heavy atom. The van der Waals surface area contributed by atoms with E-state index in [0.29, 0.717) is 16.7 Å². The Hall–Kier alpha value is -4.42. The summed E-state index contributed by atoms with van der Waals surface area (Å²) in [7, 11) is 0. The van der Waals surface area contributed by atoms with Gasteiger partial charge >= 0.3 is 11.9 Å². The molecule has 1 fully saturated rings. The molecular weight excluding hydrogens is 604 g/mol. The van der Waals surface area contributed by atoms with Crippen molar-refractivity contribution in [2.24, 2.45) is 5.16 Å². The zero-order valence-corrected chi connectivity index (χ0v) is 23.2. The maximum absolute atomic E-state index is 13.2. The number of nitrogens with zero attached hydrogens (tertiary/aromatic N) is 5. The number of hydrogen-bond acceptors (Lipinski definition) is 13. The number of anilines is 2. The van der Waals surface area contributed by atoms with Crippen LogP contribution < -0.4 is 21.4 Å². The molecule has 3 aromatic heterocycles. The number of halogens is 1. The maximum atomic E-state index is 13.2. The van der Waals surface area contributed by atoms with E-state index in [2.05, 4.69) is 20.4 Å². The molecule has 1 unspecified atom stereocenters. The number of rotatable bonds is 9. The first-order chi connectivity index (χ1) is 19.4. The van der Waals surface area contributed by atoms with Gasteiger partial charge in [0.2, 0.25) is 6.10 Å². The number of nitrogens with one attached hydrogen (secondary N) is 1. The van der Waals surface area contributed by atoms with Crippen LogP contribution >= 0.6 is 34.7 Å². The molecule has 2 amide bonds. The van der Waals surface area contributed by atoms with Crippen molar-refractivity contribution in [3.8, 4) is 0 Å². The molecule has 3 aromatic rings. The Balaban J connectivity index is 1.37. The molecule has 0 aliphatic carbocycles. The van der Waals surface area contributed by atoms with E-state index in [1.54, 1.807) is 23.0 Å². The van der Waals surface area contributed by atoms with Crippen molar-refractivity contribution >= 4 is 86.4 Å². The number of oxime groups is 1. The largest absolute Gasteiger partial charge is 0.478 e. The summed E-state index contributed by atoms with van der Waals surface area (Å²) in [5.74, 6) is -4.02. The number of oxazole rings is 1. The van der Waals surface area contributed by atoms with Crippen molar-refractivity contribution in [3.63, 3.8) is 0 Å². The third kappa shape index (κ3) is 5.35. The summed E-state index contributed by atoms with van der Waals surface area (Å²) in [6, 6.07) is 0.513. The third-order valence-corrected chi connectivity index (χ3v) is 8.43. The minimum absolute atomic E-state index is 0.00444. The van der Waals surface area contributed by atoms with Crippen LogP contribution in [-0.4, -0.2) is 77.8 Å². The molecule has 214 valence electrons. The highest BCUT2D eigenvalue weighted by molar-refractivity contribution is 8.00. The van der Waals surface area contributed by atoms with Gasteiger partial charge in [-0.15, -0.1) is 11.8 Å². The summed E-state index contributed by atoms with van der Waals surface area (Å²) < 4.78 is 6.94. The van der Waals surface area contributed by atoms with E-state index < -0.39 is 47.0 Å². The van der Waals surface area contributed by atoms with Crippen LogP contribution in [0.4, 0.5) is 11.1 Å². The molecule has 5 rings (SSSR count). The summed E-state index contributed by atoms with van der Waals surface area (Å²) >= 11 is 8.23. The van der Waals surface area contributed by atoms with Gasteiger partial charge in [-0.2, -0.15) is 9.55 Å². The van der Waals surface area contributed by atoms with E-state index in [1.165, 1.54) is 18.7 Å². The Bertz CT molecular complexity index is 1670. The van der Waals surface area contributed by atoms with Crippen molar-refractivity contribution in [1.82, 2.24) is 20.2 Å². The van der Waals surface area contributed by atoms with Crippen LogP contribution in [0.1, 0.15) is 12.6 Å². The van der Waals surface area contributed by atoms with Gasteiger partial charge in [0.25, 0.3) is 17.8 Å². The number of nitrogens with two attached hydrogens (primary N) is 2. The van der Waals surface area contributed by atoms with E-state index in [1.807, 2.05) is 0 Å². The lowest BCUT2D eigenvalue weighted by Gasteiger charge is -2.49. The number of β-lactam (4-membered cyclic amide) rings is 1. The average Bonchev–Trinajstić information content (AvgIpc) is 3.45. The molecular formula is C22H20ClN8O8S2+. The monoisotopic (exact) mass is 623 g/mol. The van der Waals surface area contributed by atoms with E-state index in [0.717, 1.165) is 16.2 Å². The minimum Gasteiger partial charge on any atom is -0.478 e. The number of carboxylic acids is 2. The van der Waals surface area contributed by atoms with Crippen LogP contribution in [0.5, 0.6) is 0 Å². The van der Waals surface area contributed by atoms with E-state index >= 15 is 0 Å². The maximum Gasteiger partial charge on any atom is 0.352 e.